The average molecular weight is 372 g/mol. The van der Waals surface area contributed by atoms with Gasteiger partial charge in [0.15, 0.2) is 0 Å². The summed E-state index contributed by atoms with van der Waals surface area (Å²) in [4.78, 5) is 0. The molecule has 0 atom stereocenters. The molecule has 0 radical (unpaired) electrons. The SMILES string of the molecule is c1ccc(Cc2cn[nH]c2NCCNc2[nH]ncc2Cc2ccccc2)cc1. The number of rotatable bonds is 9. The van der Waals surface area contributed by atoms with E-state index in [0.717, 1.165) is 48.7 Å². The fraction of sp³-hybridized carbons (Fsp3) is 0.182. The molecule has 4 aromatic rings. The van der Waals surface area contributed by atoms with Crippen LogP contribution in [-0.2, 0) is 12.8 Å². The average Bonchev–Trinajstić information content (AvgIpc) is 3.36. The number of nitrogens with zero attached hydrogens (tertiary/aromatic N) is 2. The van der Waals surface area contributed by atoms with Gasteiger partial charge in [-0.1, -0.05) is 60.7 Å². The molecule has 0 aliphatic heterocycles. The van der Waals surface area contributed by atoms with Crippen molar-refractivity contribution in [2.24, 2.45) is 0 Å². The molecule has 0 aliphatic rings. The van der Waals surface area contributed by atoms with Crippen LogP contribution in [0.2, 0.25) is 0 Å². The monoisotopic (exact) mass is 372 g/mol. The van der Waals surface area contributed by atoms with E-state index in [1.807, 2.05) is 24.5 Å². The van der Waals surface area contributed by atoms with Crippen LogP contribution in [0.15, 0.2) is 73.1 Å². The highest BCUT2D eigenvalue weighted by Crippen LogP contribution is 2.17. The molecule has 6 heteroatoms. The van der Waals surface area contributed by atoms with Crippen LogP contribution in [0.3, 0.4) is 0 Å². The van der Waals surface area contributed by atoms with Crippen molar-refractivity contribution in [3.63, 3.8) is 0 Å². The lowest BCUT2D eigenvalue weighted by Gasteiger charge is -2.10. The minimum Gasteiger partial charge on any atom is -0.368 e. The fourth-order valence-electron chi connectivity index (χ4n) is 3.20. The van der Waals surface area contributed by atoms with Crippen LogP contribution in [0.25, 0.3) is 0 Å². The highest BCUT2D eigenvalue weighted by molar-refractivity contribution is 5.47. The molecule has 2 aromatic heterocycles. The zero-order valence-electron chi connectivity index (χ0n) is 15.7. The van der Waals surface area contributed by atoms with Crippen molar-refractivity contribution in [1.29, 1.82) is 0 Å². The second kappa shape index (κ2) is 8.90. The standard InChI is InChI=1S/C22H24N6/c1-3-7-17(8-4-1)13-19-15-25-27-21(19)23-11-12-24-22-20(16-26-28-22)14-18-9-5-2-6-10-18/h1-10,15-16H,11-14H2,(H2,23,25,27)(H2,24,26,28). The number of hydrogen-bond donors (Lipinski definition) is 4. The van der Waals surface area contributed by atoms with E-state index in [9.17, 15) is 0 Å². The van der Waals surface area contributed by atoms with Crippen molar-refractivity contribution >= 4 is 11.6 Å². The van der Waals surface area contributed by atoms with Crippen LogP contribution in [0.5, 0.6) is 0 Å². The van der Waals surface area contributed by atoms with Crippen LogP contribution >= 0.6 is 0 Å². The van der Waals surface area contributed by atoms with Crippen molar-refractivity contribution in [2.45, 2.75) is 12.8 Å². The van der Waals surface area contributed by atoms with Gasteiger partial charge in [0.2, 0.25) is 0 Å². The Morgan fingerprint density at radius 2 is 1.04 bits per heavy atom. The third kappa shape index (κ3) is 4.59. The Labute approximate surface area is 164 Å². The Morgan fingerprint density at radius 1 is 0.607 bits per heavy atom. The third-order valence-corrected chi connectivity index (χ3v) is 4.64. The van der Waals surface area contributed by atoms with E-state index in [4.69, 9.17) is 0 Å². The zero-order valence-corrected chi connectivity index (χ0v) is 15.7. The zero-order chi connectivity index (χ0) is 19.0. The van der Waals surface area contributed by atoms with Gasteiger partial charge in [0.1, 0.15) is 11.6 Å². The van der Waals surface area contributed by atoms with Crippen LogP contribution in [0, 0.1) is 0 Å². The largest absolute Gasteiger partial charge is 0.368 e. The number of benzene rings is 2. The third-order valence-electron chi connectivity index (χ3n) is 4.64. The molecule has 28 heavy (non-hydrogen) atoms. The van der Waals surface area contributed by atoms with Crippen LogP contribution in [-0.4, -0.2) is 33.5 Å². The maximum atomic E-state index is 4.18. The quantitative estimate of drug-likeness (QED) is 0.337. The van der Waals surface area contributed by atoms with Gasteiger partial charge < -0.3 is 10.6 Å². The van der Waals surface area contributed by atoms with Gasteiger partial charge in [-0.2, -0.15) is 10.2 Å². The molecule has 4 N–H and O–H groups in total. The van der Waals surface area contributed by atoms with Gasteiger partial charge in [0, 0.05) is 37.1 Å². The number of hydrogen-bond acceptors (Lipinski definition) is 4. The predicted molar refractivity (Wildman–Crippen MR) is 113 cm³/mol. The van der Waals surface area contributed by atoms with Gasteiger partial charge in [0.25, 0.3) is 0 Å². The van der Waals surface area contributed by atoms with Crippen molar-refractivity contribution < 1.29 is 0 Å². The van der Waals surface area contributed by atoms with Gasteiger partial charge in [0.05, 0.1) is 12.4 Å². The predicted octanol–water partition coefficient (Wildman–Crippen LogP) is 3.84. The molecule has 142 valence electrons. The summed E-state index contributed by atoms with van der Waals surface area (Å²) in [5.74, 6) is 1.94. The smallest absolute Gasteiger partial charge is 0.125 e. The van der Waals surface area contributed by atoms with Gasteiger partial charge in [-0.25, -0.2) is 0 Å². The summed E-state index contributed by atoms with van der Waals surface area (Å²) < 4.78 is 0. The maximum absolute atomic E-state index is 4.18. The topological polar surface area (TPSA) is 81.4 Å². The summed E-state index contributed by atoms with van der Waals surface area (Å²) in [6.07, 6.45) is 5.48. The van der Waals surface area contributed by atoms with E-state index < -0.39 is 0 Å². The lowest BCUT2D eigenvalue weighted by Crippen LogP contribution is -2.15. The van der Waals surface area contributed by atoms with Crippen molar-refractivity contribution in [2.75, 3.05) is 23.7 Å². The van der Waals surface area contributed by atoms with Gasteiger partial charge in [-0.15, -0.1) is 0 Å². The van der Waals surface area contributed by atoms with Crippen molar-refractivity contribution in [3.8, 4) is 0 Å². The first kappa shape index (κ1) is 17.9. The highest BCUT2D eigenvalue weighted by Gasteiger charge is 2.07. The summed E-state index contributed by atoms with van der Waals surface area (Å²) in [7, 11) is 0. The Kier molecular flexibility index (Phi) is 5.68. The Morgan fingerprint density at radius 3 is 1.46 bits per heavy atom. The Bertz CT molecular complexity index is 893. The summed E-state index contributed by atoms with van der Waals surface area (Å²) >= 11 is 0. The molecule has 0 unspecified atom stereocenters. The van der Waals surface area contributed by atoms with E-state index in [2.05, 4.69) is 79.6 Å². The Hall–Kier alpha value is -3.54. The summed E-state index contributed by atoms with van der Waals surface area (Å²) in [6.45, 7) is 1.54. The molecular weight excluding hydrogens is 348 g/mol. The second-order valence-electron chi connectivity index (χ2n) is 6.72. The second-order valence-corrected chi connectivity index (χ2v) is 6.72. The Balaban J connectivity index is 1.28. The normalized spacial score (nSPS) is 10.7. The minimum absolute atomic E-state index is 0.772. The summed E-state index contributed by atoms with van der Waals surface area (Å²) in [6, 6.07) is 20.8. The molecule has 0 saturated carbocycles. The van der Waals surface area contributed by atoms with Crippen molar-refractivity contribution in [1.82, 2.24) is 20.4 Å². The van der Waals surface area contributed by atoms with Crippen molar-refractivity contribution in [3.05, 3.63) is 95.3 Å². The number of aromatic amines is 2. The molecule has 0 aliphatic carbocycles. The molecule has 0 bridgehead atoms. The fourth-order valence-corrected chi connectivity index (χ4v) is 3.20. The molecule has 0 fully saturated rings. The number of aromatic nitrogens is 4. The van der Waals surface area contributed by atoms with Gasteiger partial charge in [-0.05, 0) is 11.1 Å². The maximum Gasteiger partial charge on any atom is 0.125 e. The molecule has 4 rings (SSSR count). The molecule has 2 aromatic carbocycles. The molecule has 0 spiro atoms. The van der Waals surface area contributed by atoms with E-state index in [1.54, 1.807) is 0 Å². The minimum atomic E-state index is 0.772. The number of anilines is 2. The van der Waals surface area contributed by atoms with E-state index in [-0.39, 0.29) is 0 Å². The first-order chi connectivity index (χ1) is 13.9. The highest BCUT2D eigenvalue weighted by atomic mass is 15.2. The first-order valence-corrected chi connectivity index (χ1v) is 9.48. The molecule has 2 heterocycles. The molecule has 0 amide bonds. The molecule has 0 saturated heterocycles. The van der Waals surface area contributed by atoms with Gasteiger partial charge >= 0.3 is 0 Å². The lowest BCUT2D eigenvalue weighted by atomic mass is 10.1. The van der Waals surface area contributed by atoms with Gasteiger partial charge in [-0.3, -0.25) is 10.2 Å². The van der Waals surface area contributed by atoms with Crippen LogP contribution in [0.1, 0.15) is 22.3 Å². The lowest BCUT2D eigenvalue weighted by molar-refractivity contribution is 1.00. The first-order valence-electron chi connectivity index (χ1n) is 9.48. The van der Waals surface area contributed by atoms with E-state index >= 15 is 0 Å². The number of H-pyrrole nitrogens is 2. The number of nitrogens with one attached hydrogen (secondary N) is 4. The summed E-state index contributed by atoms with van der Waals surface area (Å²) in [5.41, 5.74) is 4.87. The molecular formula is C22H24N6. The molecule has 6 nitrogen and oxygen atoms in total. The van der Waals surface area contributed by atoms with E-state index in [1.165, 1.54) is 11.1 Å². The van der Waals surface area contributed by atoms with Crippen LogP contribution < -0.4 is 10.6 Å². The summed E-state index contributed by atoms with van der Waals surface area (Å²) in [5, 5.41) is 21.3. The van der Waals surface area contributed by atoms with Crippen LogP contribution in [0.4, 0.5) is 11.6 Å². The van der Waals surface area contributed by atoms with E-state index in [0.29, 0.717) is 0 Å².